The molecular formula is C16H24N2O. The first-order valence-electron chi connectivity index (χ1n) is 6.93. The van der Waals surface area contributed by atoms with Crippen molar-refractivity contribution in [2.45, 2.75) is 57.5 Å². The molecule has 1 aliphatic carbocycles. The Kier molecular flexibility index (Phi) is 3.43. The number of hydrogen-bond donors (Lipinski definition) is 2. The van der Waals surface area contributed by atoms with E-state index in [9.17, 15) is 4.79 Å². The fraction of sp³-hybridized carbons (Fsp3) is 0.562. The van der Waals surface area contributed by atoms with E-state index in [0.717, 1.165) is 18.4 Å². The number of rotatable bonds is 3. The Balaban J connectivity index is 2.07. The maximum atomic E-state index is 12.1. The molecule has 2 rings (SSSR count). The van der Waals surface area contributed by atoms with Gasteiger partial charge < -0.3 is 11.1 Å². The van der Waals surface area contributed by atoms with Crippen molar-refractivity contribution in [1.82, 2.24) is 5.32 Å². The van der Waals surface area contributed by atoms with Crippen LogP contribution >= 0.6 is 0 Å². The highest BCUT2D eigenvalue weighted by Gasteiger charge is 2.39. The fourth-order valence-electron chi connectivity index (χ4n) is 2.16. The summed E-state index contributed by atoms with van der Waals surface area (Å²) in [6.45, 7) is 7.91. The first kappa shape index (κ1) is 14.1. The third-order valence-corrected chi connectivity index (χ3v) is 3.67. The SMILES string of the molecule is CC(C(=O)NC(C)(C)C)c1ccc(C2(N)CC2)cc1. The van der Waals surface area contributed by atoms with E-state index in [4.69, 9.17) is 5.73 Å². The van der Waals surface area contributed by atoms with Gasteiger partial charge in [0.25, 0.3) is 0 Å². The number of nitrogens with two attached hydrogens (primary N) is 1. The van der Waals surface area contributed by atoms with E-state index in [0.29, 0.717) is 0 Å². The van der Waals surface area contributed by atoms with Gasteiger partial charge in [-0.15, -0.1) is 0 Å². The summed E-state index contributed by atoms with van der Waals surface area (Å²) in [5, 5.41) is 3.01. The van der Waals surface area contributed by atoms with Gasteiger partial charge in [-0.25, -0.2) is 0 Å². The second-order valence-electron chi connectivity index (χ2n) is 6.74. The number of amides is 1. The smallest absolute Gasteiger partial charge is 0.227 e. The molecule has 3 heteroatoms. The van der Waals surface area contributed by atoms with Crippen molar-refractivity contribution in [3.8, 4) is 0 Å². The van der Waals surface area contributed by atoms with Crippen LogP contribution in [0.4, 0.5) is 0 Å². The molecule has 0 bridgehead atoms. The molecular weight excluding hydrogens is 236 g/mol. The zero-order valence-electron chi connectivity index (χ0n) is 12.3. The molecule has 1 aromatic rings. The van der Waals surface area contributed by atoms with Crippen LogP contribution in [0.1, 0.15) is 57.6 Å². The maximum absolute atomic E-state index is 12.1. The van der Waals surface area contributed by atoms with E-state index >= 15 is 0 Å². The predicted octanol–water partition coefficient (Wildman–Crippen LogP) is 2.65. The van der Waals surface area contributed by atoms with Crippen molar-refractivity contribution >= 4 is 5.91 Å². The second-order valence-corrected chi connectivity index (χ2v) is 6.74. The number of hydrogen-bond acceptors (Lipinski definition) is 2. The van der Waals surface area contributed by atoms with Gasteiger partial charge in [-0.05, 0) is 51.7 Å². The van der Waals surface area contributed by atoms with Gasteiger partial charge >= 0.3 is 0 Å². The molecule has 1 fully saturated rings. The van der Waals surface area contributed by atoms with E-state index in [2.05, 4.69) is 17.4 Å². The van der Waals surface area contributed by atoms with Crippen molar-refractivity contribution in [1.29, 1.82) is 0 Å². The summed E-state index contributed by atoms with van der Waals surface area (Å²) < 4.78 is 0. The fourth-order valence-corrected chi connectivity index (χ4v) is 2.16. The molecule has 1 atom stereocenters. The number of nitrogens with one attached hydrogen (secondary N) is 1. The van der Waals surface area contributed by atoms with Crippen LogP contribution in [-0.4, -0.2) is 11.4 Å². The van der Waals surface area contributed by atoms with Crippen molar-refractivity contribution in [3.05, 3.63) is 35.4 Å². The van der Waals surface area contributed by atoms with E-state index in [1.165, 1.54) is 5.56 Å². The molecule has 1 unspecified atom stereocenters. The predicted molar refractivity (Wildman–Crippen MR) is 77.9 cm³/mol. The number of carbonyl (C=O) groups is 1. The van der Waals surface area contributed by atoms with Crippen LogP contribution in [-0.2, 0) is 10.3 Å². The van der Waals surface area contributed by atoms with Crippen LogP contribution in [0.2, 0.25) is 0 Å². The lowest BCUT2D eigenvalue weighted by Crippen LogP contribution is -2.42. The summed E-state index contributed by atoms with van der Waals surface area (Å²) in [5.74, 6) is -0.0738. The summed E-state index contributed by atoms with van der Waals surface area (Å²) in [5.41, 5.74) is 8.08. The van der Waals surface area contributed by atoms with E-state index < -0.39 is 0 Å². The summed E-state index contributed by atoms with van der Waals surface area (Å²) in [6.07, 6.45) is 2.12. The molecule has 1 aliphatic rings. The summed E-state index contributed by atoms with van der Waals surface area (Å²) in [7, 11) is 0. The van der Waals surface area contributed by atoms with Crippen molar-refractivity contribution in [2.24, 2.45) is 5.73 Å². The molecule has 0 spiro atoms. The molecule has 0 heterocycles. The summed E-state index contributed by atoms with van der Waals surface area (Å²) in [4.78, 5) is 12.1. The van der Waals surface area contributed by atoms with Crippen LogP contribution in [0.15, 0.2) is 24.3 Å². The minimum absolute atomic E-state index is 0.0640. The lowest BCUT2D eigenvalue weighted by atomic mass is 9.95. The Morgan fingerprint density at radius 3 is 2.21 bits per heavy atom. The molecule has 1 aromatic carbocycles. The Hall–Kier alpha value is -1.35. The standard InChI is InChI=1S/C16H24N2O/c1-11(14(19)18-15(2,3)4)12-5-7-13(8-6-12)16(17)9-10-16/h5-8,11H,9-10,17H2,1-4H3,(H,18,19). The molecule has 3 nitrogen and oxygen atoms in total. The average Bonchev–Trinajstić information content (AvgIpc) is 3.06. The molecule has 3 N–H and O–H groups in total. The van der Waals surface area contributed by atoms with Gasteiger partial charge in [-0.1, -0.05) is 24.3 Å². The Labute approximate surface area is 115 Å². The highest BCUT2D eigenvalue weighted by Crippen LogP contribution is 2.42. The second kappa shape index (κ2) is 4.64. The number of carbonyl (C=O) groups excluding carboxylic acids is 1. The normalized spacial score (nSPS) is 18.8. The molecule has 0 aliphatic heterocycles. The van der Waals surface area contributed by atoms with E-state index in [1.54, 1.807) is 0 Å². The van der Waals surface area contributed by atoms with E-state index in [-0.39, 0.29) is 22.9 Å². The van der Waals surface area contributed by atoms with Crippen LogP contribution in [0.5, 0.6) is 0 Å². The Morgan fingerprint density at radius 2 is 1.79 bits per heavy atom. The number of benzene rings is 1. The van der Waals surface area contributed by atoms with Gasteiger partial charge in [0.2, 0.25) is 5.91 Å². The van der Waals surface area contributed by atoms with Crippen LogP contribution < -0.4 is 11.1 Å². The lowest BCUT2D eigenvalue weighted by molar-refractivity contribution is -0.123. The van der Waals surface area contributed by atoms with Crippen LogP contribution in [0, 0.1) is 0 Å². The highest BCUT2D eigenvalue weighted by molar-refractivity contribution is 5.83. The van der Waals surface area contributed by atoms with Gasteiger partial charge in [-0.3, -0.25) is 4.79 Å². The zero-order valence-corrected chi connectivity index (χ0v) is 12.3. The quantitative estimate of drug-likeness (QED) is 0.878. The third kappa shape index (κ3) is 3.35. The van der Waals surface area contributed by atoms with Crippen molar-refractivity contribution in [2.75, 3.05) is 0 Å². The molecule has 1 saturated carbocycles. The average molecular weight is 260 g/mol. The minimum Gasteiger partial charge on any atom is -0.351 e. The molecule has 0 aromatic heterocycles. The van der Waals surface area contributed by atoms with Gasteiger partial charge in [0.15, 0.2) is 0 Å². The summed E-state index contributed by atoms with van der Waals surface area (Å²) >= 11 is 0. The monoisotopic (exact) mass is 260 g/mol. The van der Waals surface area contributed by atoms with Gasteiger partial charge in [0.1, 0.15) is 0 Å². The molecule has 104 valence electrons. The summed E-state index contributed by atoms with van der Waals surface area (Å²) in [6, 6.07) is 8.16. The molecule has 1 amide bonds. The minimum atomic E-state index is -0.194. The first-order valence-corrected chi connectivity index (χ1v) is 6.93. The van der Waals surface area contributed by atoms with Crippen LogP contribution in [0.25, 0.3) is 0 Å². The van der Waals surface area contributed by atoms with Gasteiger partial charge in [0.05, 0.1) is 5.92 Å². The van der Waals surface area contributed by atoms with E-state index in [1.807, 2.05) is 39.8 Å². The van der Waals surface area contributed by atoms with Crippen molar-refractivity contribution < 1.29 is 4.79 Å². The molecule has 19 heavy (non-hydrogen) atoms. The largest absolute Gasteiger partial charge is 0.351 e. The molecule has 0 saturated heterocycles. The molecule has 0 radical (unpaired) electrons. The Morgan fingerprint density at radius 1 is 1.26 bits per heavy atom. The van der Waals surface area contributed by atoms with Crippen LogP contribution in [0.3, 0.4) is 0 Å². The van der Waals surface area contributed by atoms with Gasteiger partial charge in [-0.2, -0.15) is 0 Å². The Bertz CT molecular complexity index is 467. The van der Waals surface area contributed by atoms with Crippen molar-refractivity contribution in [3.63, 3.8) is 0 Å². The first-order chi connectivity index (χ1) is 8.71. The lowest BCUT2D eigenvalue weighted by Gasteiger charge is -2.23. The zero-order chi connectivity index (χ0) is 14.3. The topological polar surface area (TPSA) is 55.1 Å². The van der Waals surface area contributed by atoms with Gasteiger partial charge in [0, 0.05) is 11.1 Å². The highest BCUT2D eigenvalue weighted by atomic mass is 16.2. The third-order valence-electron chi connectivity index (χ3n) is 3.67. The maximum Gasteiger partial charge on any atom is 0.227 e.